The summed E-state index contributed by atoms with van der Waals surface area (Å²) in [6, 6.07) is 0. The molecule has 0 atom stereocenters. The first-order chi connectivity index (χ1) is 10.8. The minimum absolute atomic E-state index is 0.243. The van der Waals surface area contributed by atoms with Crippen LogP contribution in [0.25, 0.3) is 0 Å². The van der Waals surface area contributed by atoms with E-state index < -0.39 is 5.97 Å². The van der Waals surface area contributed by atoms with E-state index in [1.165, 1.54) is 32.1 Å². The van der Waals surface area contributed by atoms with Crippen molar-refractivity contribution in [3.05, 3.63) is 0 Å². The highest BCUT2D eigenvalue weighted by atomic mass is 16.4. The van der Waals surface area contributed by atoms with Crippen LogP contribution in [0.2, 0.25) is 0 Å². The van der Waals surface area contributed by atoms with Crippen molar-refractivity contribution in [2.24, 2.45) is 23.2 Å². The van der Waals surface area contributed by atoms with E-state index in [1.54, 1.807) is 0 Å². The molecule has 132 valence electrons. The van der Waals surface area contributed by atoms with Crippen LogP contribution in [0.4, 0.5) is 0 Å². The summed E-state index contributed by atoms with van der Waals surface area (Å²) in [7, 11) is 0. The van der Waals surface area contributed by atoms with Crippen LogP contribution in [0.15, 0.2) is 0 Å². The molecule has 1 saturated carbocycles. The Morgan fingerprint density at radius 2 is 1.61 bits per heavy atom. The topological polar surface area (TPSA) is 57.6 Å². The second kappa shape index (κ2) is 7.67. The number of carbonyl (C=O) groups is 2. The van der Waals surface area contributed by atoms with Gasteiger partial charge in [0.2, 0.25) is 5.91 Å². The van der Waals surface area contributed by atoms with Gasteiger partial charge in [0.15, 0.2) is 0 Å². The molecule has 4 nitrogen and oxygen atoms in total. The molecule has 23 heavy (non-hydrogen) atoms. The lowest BCUT2D eigenvalue weighted by atomic mass is 9.67. The van der Waals surface area contributed by atoms with Gasteiger partial charge in [-0.05, 0) is 55.8 Å². The molecule has 1 N–H and O–H groups in total. The monoisotopic (exact) mass is 323 g/mol. The third kappa shape index (κ3) is 4.71. The van der Waals surface area contributed by atoms with Crippen molar-refractivity contribution in [3.63, 3.8) is 0 Å². The van der Waals surface area contributed by atoms with Crippen LogP contribution in [0, 0.1) is 23.2 Å². The first-order valence-electron chi connectivity index (χ1n) is 9.34. The average Bonchev–Trinajstić information content (AvgIpc) is 2.55. The Morgan fingerprint density at radius 1 is 1.04 bits per heavy atom. The summed E-state index contributed by atoms with van der Waals surface area (Å²) >= 11 is 0. The Morgan fingerprint density at radius 3 is 2.09 bits per heavy atom. The van der Waals surface area contributed by atoms with Crippen LogP contribution >= 0.6 is 0 Å². The maximum atomic E-state index is 12.5. The SMILES string of the molecule is CCC(C)(C)C1CCC(CC(=O)N2CCC(C(=O)O)CC2)CC1. The zero-order chi connectivity index (χ0) is 17.0. The molecule has 2 fully saturated rings. The molecular weight excluding hydrogens is 290 g/mol. The van der Waals surface area contributed by atoms with Gasteiger partial charge in [0.1, 0.15) is 0 Å². The fraction of sp³-hybridized carbons (Fsp3) is 0.895. The van der Waals surface area contributed by atoms with E-state index in [-0.39, 0.29) is 11.8 Å². The number of carbonyl (C=O) groups excluding carboxylic acids is 1. The van der Waals surface area contributed by atoms with Gasteiger partial charge in [-0.2, -0.15) is 0 Å². The highest BCUT2D eigenvalue weighted by Crippen LogP contribution is 2.42. The Kier molecular flexibility index (Phi) is 6.10. The van der Waals surface area contributed by atoms with Gasteiger partial charge in [-0.25, -0.2) is 0 Å². The van der Waals surface area contributed by atoms with Crippen LogP contribution in [0.5, 0.6) is 0 Å². The van der Waals surface area contributed by atoms with Crippen molar-refractivity contribution in [3.8, 4) is 0 Å². The largest absolute Gasteiger partial charge is 0.481 e. The van der Waals surface area contributed by atoms with Gasteiger partial charge in [-0.3, -0.25) is 9.59 Å². The summed E-state index contributed by atoms with van der Waals surface area (Å²) in [6.45, 7) is 8.25. The lowest BCUT2D eigenvalue weighted by Crippen LogP contribution is -2.41. The third-order valence-electron chi connectivity index (χ3n) is 6.52. The first kappa shape index (κ1) is 18.3. The van der Waals surface area contributed by atoms with Crippen molar-refractivity contribution in [1.82, 2.24) is 4.90 Å². The Labute approximate surface area is 140 Å². The molecule has 2 rings (SSSR count). The molecule has 0 aromatic carbocycles. The molecule has 1 heterocycles. The summed E-state index contributed by atoms with van der Waals surface area (Å²) < 4.78 is 0. The second-order valence-electron chi connectivity index (χ2n) is 8.26. The van der Waals surface area contributed by atoms with Crippen LogP contribution in [0.1, 0.15) is 72.1 Å². The molecule has 2 aliphatic rings. The zero-order valence-electron chi connectivity index (χ0n) is 15.0. The standard InChI is InChI=1S/C19H33NO3/c1-4-19(2,3)16-7-5-14(6-8-16)13-17(21)20-11-9-15(10-12-20)18(22)23/h14-16H,4-13H2,1-3H3,(H,22,23). The number of carboxylic acids is 1. The Bertz CT molecular complexity index is 416. The lowest BCUT2D eigenvalue weighted by Gasteiger charge is -2.39. The Hall–Kier alpha value is -1.06. The van der Waals surface area contributed by atoms with Crippen molar-refractivity contribution in [1.29, 1.82) is 0 Å². The van der Waals surface area contributed by atoms with Crippen LogP contribution in [-0.4, -0.2) is 35.0 Å². The molecule has 1 amide bonds. The number of nitrogens with zero attached hydrogens (tertiary/aromatic N) is 1. The fourth-order valence-corrected chi connectivity index (χ4v) is 4.19. The van der Waals surface area contributed by atoms with Crippen LogP contribution < -0.4 is 0 Å². The van der Waals surface area contributed by atoms with Gasteiger partial charge >= 0.3 is 5.97 Å². The lowest BCUT2D eigenvalue weighted by molar-refractivity contribution is -0.146. The number of hydrogen-bond acceptors (Lipinski definition) is 2. The molecule has 0 radical (unpaired) electrons. The highest BCUT2D eigenvalue weighted by molar-refractivity contribution is 5.77. The fourth-order valence-electron chi connectivity index (χ4n) is 4.19. The number of carboxylic acid groups (broad SMARTS) is 1. The number of likely N-dealkylation sites (tertiary alicyclic amines) is 1. The minimum Gasteiger partial charge on any atom is -0.481 e. The van der Waals surface area contributed by atoms with Crippen LogP contribution in [0.3, 0.4) is 0 Å². The molecule has 0 aromatic heterocycles. The van der Waals surface area contributed by atoms with Gasteiger partial charge in [0.05, 0.1) is 5.92 Å². The number of piperidine rings is 1. The predicted molar refractivity (Wildman–Crippen MR) is 91.1 cm³/mol. The van der Waals surface area contributed by atoms with E-state index in [2.05, 4.69) is 20.8 Å². The maximum absolute atomic E-state index is 12.5. The van der Waals surface area contributed by atoms with E-state index in [9.17, 15) is 9.59 Å². The molecule has 0 spiro atoms. The predicted octanol–water partition coefficient (Wildman–Crippen LogP) is 3.94. The van der Waals surface area contributed by atoms with Gasteiger partial charge in [0, 0.05) is 19.5 Å². The molecular formula is C19H33NO3. The Balaban J connectivity index is 1.74. The smallest absolute Gasteiger partial charge is 0.306 e. The van der Waals surface area contributed by atoms with Crippen molar-refractivity contribution in [2.75, 3.05) is 13.1 Å². The summed E-state index contributed by atoms with van der Waals surface area (Å²) in [4.78, 5) is 25.3. The maximum Gasteiger partial charge on any atom is 0.306 e. The molecule has 0 bridgehead atoms. The number of hydrogen-bond donors (Lipinski definition) is 1. The molecule has 1 aliphatic heterocycles. The summed E-state index contributed by atoms with van der Waals surface area (Å²) in [5.41, 5.74) is 0.424. The summed E-state index contributed by atoms with van der Waals surface area (Å²) in [5.74, 6) is 0.598. The van der Waals surface area contributed by atoms with Crippen molar-refractivity contribution in [2.45, 2.75) is 72.1 Å². The third-order valence-corrected chi connectivity index (χ3v) is 6.52. The quantitative estimate of drug-likeness (QED) is 0.833. The molecule has 4 heteroatoms. The normalized spacial score (nSPS) is 27.0. The van der Waals surface area contributed by atoms with Crippen molar-refractivity contribution < 1.29 is 14.7 Å². The molecule has 0 aromatic rings. The molecule has 1 saturated heterocycles. The molecule has 0 unspecified atom stereocenters. The van der Waals surface area contributed by atoms with Gasteiger partial charge in [-0.15, -0.1) is 0 Å². The number of amides is 1. The zero-order valence-corrected chi connectivity index (χ0v) is 15.0. The first-order valence-corrected chi connectivity index (χ1v) is 9.34. The number of rotatable bonds is 5. The van der Waals surface area contributed by atoms with E-state index in [0.29, 0.717) is 43.7 Å². The van der Waals surface area contributed by atoms with Crippen LogP contribution in [-0.2, 0) is 9.59 Å². The highest BCUT2D eigenvalue weighted by Gasteiger charge is 2.33. The van der Waals surface area contributed by atoms with Gasteiger partial charge in [0.25, 0.3) is 0 Å². The second-order valence-corrected chi connectivity index (χ2v) is 8.26. The summed E-state index contributed by atoms with van der Waals surface area (Å²) in [5, 5.41) is 9.03. The average molecular weight is 323 g/mol. The van der Waals surface area contributed by atoms with E-state index in [4.69, 9.17) is 5.11 Å². The van der Waals surface area contributed by atoms with Gasteiger partial charge in [-0.1, -0.05) is 27.2 Å². The van der Waals surface area contributed by atoms with E-state index in [0.717, 1.165) is 5.92 Å². The van der Waals surface area contributed by atoms with E-state index >= 15 is 0 Å². The van der Waals surface area contributed by atoms with Crippen molar-refractivity contribution >= 4 is 11.9 Å². The van der Waals surface area contributed by atoms with Gasteiger partial charge < -0.3 is 10.0 Å². The van der Waals surface area contributed by atoms with E-state index in [1.807, 2.05) is 4.90 Å². The minimum atomic E-state index is -0.714. The summed E-state index contributed by atoms with van der Waals surface area (Å²) in [6.07, 6.45) is 7.95. The molecule has 1 aliphatic carbocycles. The number of aliphatic carboxylic acids is 1.